The summed E-state index contributed by atoms with van der Waals surface area (Å²) in [5, 5.41) is 0.910. The average molecular weight is 443 g/mol. The van der Waals surface area contributed by atoms with Crippen molar-refractivity contribution in [3.8, 4) is 0 Å². The van der Waals surface area contributed by atoms with Crippen LogP contribution < -0.4 is 5.73 Å². The number of nitrogens with zero attached hydrogens (tertiary/aromatic N) is 4. The summed E-state index contributed by atoms with van der Waals surface area (Å²) in [5.41, 5.74) is 6.38. The van der Waals surface area contributed by atoms with Crippen LogP contribution in [0.1, 0.15) is 39.7 Å². The van der Waals surface area contributed by atoms with Gasteiger partial charge >= 0.3 is 6.09 Å². The van der Waals surface area contributed by atoms with Crippen molar-refractivity contribution in [2.24, 2.45) is 0 Å². The Hall–Kier alpha value is -1.58. The molecule has 0 aromatic carbocycles. The molecule has 2 aromatic rings. The van der Waals surface area contributed by atoms with Gasteiger partial charge in [0.05, 0.1) is 5.39 Å². The Labute approximate surface area is 154 Å². The van der Waals surface area contributed by atoms with Crippen molar-refractivity contribution >= 4 is 45.5 Å². The number of rotatable bonds is 1. The first-order valence-corrected chi connectivity index (χ1v) is 9.08. The predicted octanol–water partition coefficient (Wildman–Crippen LogP) is 3.19. The van der Waals surface area contributed by atoms with E-state index < -0.39 is 5.60 Å². The first kappa shape index (κ1) is 17.2. The zero-order valence-corrected chi connectivity index (χ0v) is 16.3. The normalized spacial score (nSPS) is 16.6. The average Bonchev–Trinajstić information content (AvgIpc) is 2.84. The highest BCUT2D eigenvalue weighted by Crippen LogP contribution is 2.32. The predicted molar refractivity (Wildman–Crippen MR) is 101 cm³/mol. The van der Waals surface area contributed by atoms with E-state index >= 15 is 0 Å². The molecule has 24 heavy (non-hydrogen) atoms. The summed E-state index contributed by atoms with van der Waals surface area (Å²) in [6, 6.07) is 0.295. The molecule has 1 saturated heterocycles. The largest absolute Gasteiger partial charge is 0.444 e. The van der Waals surface area contributed by atoms with Crippen LogP contribution in [-0.2, 0) is 4.74 Å². The minimum Gasteiger partial charge on any atom is -0.444 e. The van der Waals surface area contributed by atoms with Gasteiger partial charge in [0.15, 0.2) is 0 Å². The van der Waals surface area contributed by atoms with Crippen molar-refractivity contribution in [1.82, 2.24) is 19.4 Å². The fraction of sp³-hybridized carbons (Fsp3) is 0.562. The number of fused-ring (bicyclic) bond motifs is 1. The molecule has 3 rings (SSSR count). The fourth-order valence-electron chi connectivity index (χ4n) is 2.99. The number of likely N-dealkylation sites (tertiary alicyclic amines) is 1. The molecule has 1 amide bonds. The van der Waals surface area contributed by atoms with Crippen LogP contribution in [0.5, 0.6) is 0 Å². The summed E-state index contributed by atoms with van der Waals surface area (Å²) in [7, 11) is 0. The van der Waals surface area contributed by atoms with E-state index in [1.54, 1.807) is 4.90 Å². The third kappa shape index (κ3) is 3.42. The van der Waals surface area contributed by atoms with E-state index in [0.717, 1.165) is 27.4 Å². The molecule has 0 saturated carbocycles. The number of anilines is 1. The second-order valence-electron chi connectivity index (χ2n) is 7.04. The van der Waals surface area contributed by atoms with Crippen molar-refractivity contribution in [2.45, 2.75) is 45.3 Å². The van der Waals surface area contributed by atoms with E-state index in [9.17, 15) is 4.79 Å². The standard InChI is InChI=1S/C16H22IN5O2/c1-16(2,3)24-15(23)21-6-4-10(5-7-21)22-8-11(17)12-13(18)19-9-20-14(12)22/h8-10H,4-7H2,1-3H3,(H2,18,19,20). The molecule has 0 atom stereocenters. The maximum atomic E-state index is 12.2. The minimum atomic E-state index is -0.463. The van der Waals surface area contributed by atoms with E-state index in [1.807, 2.05) is 20.8 Å². The third-order valence-corrected chi connectivity index (χ3v) is 4.92. The van der Waals surface area contributed by atoms with Crippen molar-refractivity contribution in [3.05, 3.63) is 16.1 Å². The molecule has 1 aliphatic heterocycles. The van der Waals surface area contributed by atoms with Crippen LogP contribution in [0.4, 0.5) is 10.6 Å². The van der Waals surface area contributed by atoms with Gasteiger partial charge in [0.2, 0.25) is 0 Å². The molecule has 130 valence electrons. The van der Waals surface area contributed by atoms with E-state index in [-0.39, 0.29) is 6.09 Å². The zero-order chi connectivity index (χ0) is 17.5. The molecule has 1 aliphatic rings. The summed E-state index contributed by atoms with van der Waals surface area (Å²) < 4.78 is 8.67. The molecule has 7 nitrogen and oxygen atoms in total. The lowest BCUT2D eigenvalue weighted by Gasteiger charge is -2.34. The number of carbonyl (C=O) groups excluding carboxylic acids is 1. The first-order valence-electron chi connectivity index (χ1n) is 8.00. The van der Waals surface area contributed by atoms with Crippen LogP contribution >= 0.6 is 22.6 Å². The lowest BCUT2D eigenvalue weighted by Crippen LogP contribution is -2.42. The molecular weight excluding hydrogens is 421 g/mol. The summed E-state index contributed by atoms with van der Waals surface area (Å²) >= 11 is 2.26. The number of nitrogen functional groups attached to an aromatic ring is 1. The zero-order valence-electron chi connectivity index (χ0n) is 14.1. The van der Waals surface area contributed by atoms with Gasteiger partial charge in [-0.25, -0.2) is 14.8 Å². The fourth-order valence-corrected chi connectivity index (χ4v) is 3.81. The van der Waals surface area contributed by atoms with E-state index in [0.29, 0.717) is 24.9 Å². The number of amides is 1. The van der Waals surface area contributed by atoms with Crippen LogP contribution in [0.25, 0.3) is 11.0 Å². The van der Waals surface area contributed by atoms with Gasteiger partial charge in [-0.2, -0.15) is 0 Å². The molecule has 0 aliphatic carbocycles. The molecule has 0 unspecified atom stereocenters. The number of carbonyl (C=O) groups is 1. The molecule has 3 heterocycles. The smallest absolute Gasteiger partial charge is 0.410 e. The highest BCUT2D eigenvalue weighted by atomic mass is 127. The second-order valence-corrected chi connectivity index (χ2v) is 8.20. The third-order valence-electron chi connectivity index (χ3n) is 4.10. The monoisotopic (exact) mass is 443 g/mol. The lowest BCUT2D eigenvalue weighted by atomic mass is 10.1. The number of hydrogen-bond donors (Lipinski definition) is 1. The first-order chi connectivity index (χ1) is 11.3. The maximum Gasteiger partial charge on any atom is 0.410 e. The van der Waals surface area contributed by atoms with Crippen LogP contribution in [0.15, 0.2) is 12.5 Å². The van der Waals surface area contributed by atoms with Crippen molar-refractivity contribution in [2.75, 3.05) is 18.8 Å². The molecule has 0 radical (unpaired) electrons. The van der Waals surface area contributed by atoms with E-state index in [1.165, 1.54) is 6.33 Å². The molecule has 8 heteroatoms. The van der Waals surface area contributed by atoms with Gasteiger partial charge in [-0.05, 0) is 56.2 Å². The SMILES string of the molecule is CC(C)(C)OC(=O)N1CCC(n2cc(I)c3c(N)ncnc32)CC1. The Balaban J connectivity index is 1.74. The topological polar surface area (TPSA) is 86.3 Å². The van der Waals surface area contributed by atoms with Gasteiger partial charge in [-0.3, -0.25) is 0 Å². The minimum absolute atomic E-state index is 0.237. The molecular formula is C16H22IN5O2. The Kier molecular flexibility index (Phi) is 4.58. The lowest BCUT2D eigenvalue weighted by molar-refractivity contribution is 0.0189. The van der Waals surface area contributed by atoms with Gasteiger partial charge in [0.25, 0.3) is 0 Å². The second kappa shape index (κ2) is 6.38. The highest BCUT2D eigenvalue weighted by Gasteiger charge is 2.28. The van der Waals surface area contributed by atoms with Gasteiger partial charge in [-0.15, -0.1) is 0 Å². The number of ether oxygens (including phenoxy) is 1. The van der Waals surface area contributed by atoms with E-state index in [2.05, 4.69) is 43.3 Å². The Morgan fingerprint density at radius 3 is 2.62 bits per heavy atom. The molecule has 2 N–H and O–H groups in total. The summed E-state index contributed by atoms with van der Waals surface area (Å²) in [6.45, 7) is 7.01. The summed E-state index contributed by atoms with van der Waals surface area (Å²) in [5.74, 6) is 0.509. The Morgan fingerprint density at radius 1 is 1.33 bits per heavy atom. The number of piperidine rings is 1. The van der Waals surface area contributed by atoms with Crippen LogP contribution in [0, 0.1) is 3.57 Å². The van der Waals surface area contributed by atoms with Crippen LogP contribution in [0.2, 0.25) is 0 Å². The van der Waals surface area contributed by atoms with Gasteiger partial charge in [0.1, 0.15) is 23.4 Å². The number of aromatic nitrogens is 3. The summed E-state index contributed by atoms with van der Waals surface area (Å²) in [4.78, 5) is 22.4. The number of nitrogens with two attached hydrogens (primary N) is 1. The van der Waals surface area contributed by atoms with E-state index in [4.69, 9.17) is 10.5 Å². The van der Waals surface area contributed by atoms with Crippen LogP contribution in [-0.4, -0.2) is 44.2 Å². The summed E-state index contributed by atoms with van der Waals surface area (Å²) in [6.07, 6.45) is 5.07. The van der Waals surface area contributed by atoms with Crippen molar-refractivity contribution < 1.29 is 9.53 Å². The number of hydrogen-bond acceptors (Lipinski definition) is 5. The molecule has 0 bridgehead atoms. The molecule has 1 fully saturated rings. The highest BCUT2D eigenvalue weighted by molar-refractivity contribution is 14.1. The quantitative estimate of drug-likeness (QED) is 0.685. The van der Waals surface area contributed by atoms with Gasteiger partial charge in [-0.1, -0.05) is 0 Å². The van der Waals surface area contributed by atoms with Gasteiger partial charge < -0.3 is 19.9 Å². The molecule has 2 aromatic heterocycles. The van der Waals surface area contributed by atoms with Crippen molar-refractivity contribution in [3.63, 3.8) is 0 Å². The van der Waals surface area contributed by atoms with Crippen molar-refractivity contribution in [1.29, 1.82) is 0 Å². The Morgan fingerprint density at radius 2 is 2.00 bits per heavy atom. The number of halogens is 1. The van der Waals surface area contributed by atoms with Gasteiger partial charge in [0, 0.05) is 28.9 Å². The maximum absolute atomic E-state index is 12.2. The Bertz CT molecular complexity index is 760. The molecule has 0 spiro atoms. The van der Waals surface area contributed by atoms with Crippen LogP contribution in [0.3, 0.4) is 0 Å².